The van der Waals surface area contributed by atoms with Gasteiger partial charge in [-0.15, -0.1) is 0 Å². The highest BCUT2D eigenvalue weighted by atomic mass is 16.5. The normalized spacial score (nSPS) is 12.8. The molecular weight excluding hydrogens is 374 g/mol. The molecule has 0 saturated heterocycles. The summed E-state index contributed by atoms with van der Waals surface area (Å²) in [6.07, 6.45) is 0.971. The molecule has 0 radical (unpaired) electrons. The van der Waals surface area contributed by atoms with Crippen LogP contribution in [0.2, 0.25) is 0 Å². The molecule has 3 aromatic carbocycles. The second-order valence-electron chi connectivity index (χ2n) is 7.42. The number of aromatic nitrogens is 2. The van der Waals surface area contributed by atoms with Gasteiger partial charge >= 0.3 is 0 Å². The molecule has 30 heavy (non-hydrogen) atoms. The summed E-state index contributed by atoms with van der Waals surface area (Å²) in [5.74, 6) is 3.36. The molecule has 1 aliphatic rings. The molecule has 0 saturated carbocycles. The molecule has 0 fully saturated rings. The summed E-state index contributed by atoms with van der Waals surface area (Å²) in [6.45, 7) is 2.85. The molecule has 4 aromatic rings. The van der Waals surface area contributed by atoms with E-state index in [-0.39, 0.29) is 0 Å². The Hall–Kier alpha value is -3.60. The molecule has 0 aliphatic carbocycles. The summed E-state index contributed by atoms with van der Waals surface area (Å²) >= 11 is 0. The first-order valence-electron chi connectivity index (χ1n) is 10.0. The van der Waals surface area contributed by atoms with Crippen molar-refractivity contribution in [3.8, 4) is 22.6 Å². The van der Waals surface area contributed by atoms with Gasteiger partial charge in [0.25, 0.3) is 0 Å². The Morgan fingerprint density at radius 1 is 0.900 bits per heavy atom. The van der Waals surface area contributed by atoms with Crippen molar-refractivity contribution in [3.63, 3.8) is 0 Å². The number of hydrogen-bond donors (Lipinski definition) is 0. The van der Waals surface area contributed by atoms with Crippen molar-refractivity contribution in [1.29, 1.82) is 0 Å². The second kappa shape index (κ2) is 7.34. The van der Waals surface area contributed by atoms with Crippen LogP contribution in [0.3, 0.4) is 0 Å². The maximum Gasteiger partial charge on any atom is 0.144 e. The van der Waals surface area contributed by atoms with Crippen LogP contribution in [0.5, 0.6) is 11.5 Å². The van der Waals surface area contributed by atoms with Crippen LogP contribution in [0.1, 0.15) is 11.4 Å². The lowest BCUT2D eigenvalue weighted by atomic mass is 10.0. The quantitative estimate of drug-likeness (QED) is 0.467. The molecule has 0 unspecified atom stereocenters. The first-order valence-corrected chi connectivity index (χ1v) is 10.0. The van der Waals surface area contributed by atoms with Crippen molar-refractivity contribution < 1.29 is 9.47 Å². The van der Waals surface area contributed by atoms with E-state index in [4.69, 9.17) is 14.5 Å². The first-order chi connectivity index (χ1) is 14.7. The lowest BCUT2D eigenvalue weighted by molar-refractivity contribution is 0.395. The largest absolute Gasteiger partial charge is 0.497 e. The zero-order valence-electron chi connectivity index (χ0n) is 17.3. The summed E-state index contributed by atoms with van der Waals surface area (Å²) in [5.41, 5.74) is 5.69. The number of ether oxygens (including phenoxy) is 2. The molecule has 5 nitrogen and oxygen atoms in total. The van der Waals surface area contributed by atoms with E-state index in [1.807, 2.05) is 43.3 Å². The van der Waals surface area contributed by atoms with Crippen molar-refractivity contribution in [3.05, 3.63) is 72.1 Å². The van der Waals surface area contributed by atoms with Crippen molar-refractivity contribution in [1.82, 2.24) is 9.97 Å². The van der Waals surface area contributed by atoms with Crippen molar-refractivity contribution in [2.45, 2.75) is 13.3 Å². The Balaban J connectivity index is 1.57. The average molecular weight is 397 g/mol. The summed E-state index contributed by atoms with van der Waals surface area (Å²) in [4.78, 5) is 11.7. The van der Waals surface area contributed by atoms with Gasteiger partial charge in [-0.3, -0.25) is 0 Å². The number of aryl methyl sites for hydroxylation is 1. The maximum absolute atomic E-state index is 5.61. The van der Waals surface area contributed by atoms with E-state index in [1.54, 1.807) is 14.2 Å². The summed E-state index contributed by atoms with van der Waals surface area (Å²) in [7, 11) is 3.35. The van der Waals surface area contributed by atoms with Crippen molar-refractivity contribution >= 4 is 22.4 Å². The maximum atomic E-state index is 5.61. The fraction of sp³-hybridized carbons (Fsp3) is 0.200. The van der Waals surface area contributed by atoms with Gasteiger partial charge in [-0.05, 0) is 60.9 Å². The van der Waals surface area contributed by atoms with Crippen LogP contribution < -0.4 is 14.4 Å². The fourth-order valence-electron chi connectivity index (χ4n) is 4.21. The Bertz CT molecular complexity index is 1250. The lowest BCUT2D eigenvalue weighted by Crippen LogP contribution is -2.16. The molecule has 0 spiro atoms. The van der Waals surface area contributed by atoms with Gasteiger partial charge in [0.05, 0.1) is 19.7 Å². The molecule has 0 amide bonds. The van der Waals surface area contributed by atoms with E-state index in [9.17, 15) is 0 Å². The summed E-state index contributed by atoms with van der Waals surface area (Å²) in [5, 5.41) is 1.08. The number of benzene rings is 3. The van der Waals surface area contributed by atoms with Crippen LogP contribution in [-0.2, 0) is 6.42 Å². The highest BCUT2D eigenvalue weighted by molar-refractivity contribution is 5.92. The number of rotatable bonds is 4. The zero-order valence-corrected chi connectivity index (χ0v) is 17.3. The monoisotopic (exact) mass is 397 g/mol. The van der Waals surface area contributed by atoms with Crippen LogP contribution in [-0.4, -0.2) is 30.7 Å². The molecule has 1 aliphatic heterocycles. The summed E-state index contributed by atoms with van der Waals surface area (Å²) < 4.78 is 10.9. The van der Waals surface area contributed by atoms with Crippen LogP contribution in [0.4, 0.5) is 11.5 Å². The predicted molar refractivity (Wildman–Crippen MR) is 120 cm³/mol. The van der Waals surface area contributed by atoms with Gasteiger partial charge in [-0.1, -0.05) is 18.2 Å². The SMILES string of the molecule is COc1ccc(-c2ccc3c(c2)CCN3c2nc(C)nc3ccccc23)c(OC)c1. The molecule has 1 aromatic heterocycles. The Labute approximate surface area is 175 Å². The van der Waals surface area contributed by atoms with Crippen LogP contribution in [0.15, 0.2) is 60.7 Å². The van der Waals surface area contributed by atoms with Gasteiger partial charge in [-0.25, -0.2) is 9.97 Å². The van der Waals surface area contributed by atoms with E-state index in [2.05, 4.69) is 34.1 Å². The average Bonchev–Trinajstić information content (AvgIpc) is 3.21. The standard InChI is InChI=1S/C25H23N3O2/c1-16-26-22-7-5-4-6-21(22)25(27-16)28-13-12-18-14-17(8-11-23(18)28)20-10-9-19(29-2)15-24(20)30-3/h4-11,14-15H,12-13H2,1-3H3. The van der Waals surface area contributed by atoms with Gasteiger partial charge < -0.3 is 14.4 Å². The molecule has 0 N–H and O–H groups in total. The highest BCUT2D eigenvalue weighted by Crippen LogP contribution is 2.40. The van der Waals surface area contributed by atoms with Gasteiger partial charge in [0.2, 0.25) is 0 Å². The smallest absolute Gasteiger partial charge is 0.144 e. The van der Waals surface area contributed by atoms with Crippen LogP contribution >= 0.6 is 0 Å². The van der Waals surface area contributed by atoms with Gasteiger partial charge in [0.15, 0.2) is 0 Å². The van der Waals surface area contributed by atoms with Gasteiger partial charge in [-0.2, -0.15) is 0 Å². The van der Waals surface area contributed by atoms with E-state index in [0.717, 1.165) is 58.1 Å². The third-order valence-electron chi connectivity index (χ3n) is 5.65. The number of para-hydroxylation sites is 1. The first kappa shape index (κ1) is 18.4. The summed E-state index contributed by atoms with van der Waals surface area (Å²) in [6, 6.07) is 20.7. The van der Waals surface area contributed by atoms with Crippen LogP contribution in [0.25, 0.3) is 22.0 Å². The molecule has 5 heteroatoms. The number of methoxy groups -OCH3 is 2. The number of anilines is 2. The van der Waals surface area contributed by atoms with E-state index in [1.165, 1.54) is 11.3 Å². The minimum Gasteiger partial charge on any atom is -0.497 e. The Morgan fingerprint density at radius 2 is 1.77 bits per heavy atom. The number of fused-ring (bicyclic) bond motifs is 2. The third-order valence-corrected chi connectivity index (χ3v) is 5.65. The van der Waals surface area contributed by atoms with Crippen LogP contribution in [0, 0.1) is 6.92 Å². The predicted octanol–water partition coefficient (Wildman–Crippen LogP) is 5.32. The molecule has 150 valence electrons. The molecule has 0 bridgehead atoms. The highest BCUT2D eigenvalue weighted by Gasteiger charge is 2.24. The van der Waals surface area contributed by atoms with Crippen molar-refractivity contribution in [2.75, 3.05) is 25.7 Å². The van der Waals surface area contributed by atoms with Gasteiger partial charge in [0, 0.05) is 29.2 Å². The topological polar surface area (TPSA) is 47.5 Å². The van der Waals surface area contributed by atoms with Gasteiger partial charge in [0.1, 0.15) is 23.1 Å². The zero-order chi connectivity index (χ0) is 20.7. The van der Waals surface area contributed by atoms with E-state index < -0.39 is 0 Å². The molecular formula is C25H23N3O2. The minimum absolute atomic E-state index is 0.786. The Morgan fingerprint density at radius 3 is 2.60 bits per heavy atom. The van der Waals surface area contributed by atoms with E-state index in [0.29, 0.717) is 0 Å². The third kappa shape index (κ3) is 3.03. The van der Waals surface area contributed by atoms with E-state index >= 15 is 0 Å². The van der Waals surface area contributed by atoms with Crippen molar-refractivity contribution in [2.24, 2.45) is 0 Å². The fourth-order valence-corrected chi connectivity index (χ4v) is 4.21. The molecule has 0 atom stereocenters. The molecule has 5 rings (SSSR count). The lowest BCUT2D eigenvalue weighted by Gasteiger charge is -2.21. The Kier molecular flexibility index (Phi) is 4.51. The second-order valence-corrected chi connectivity index (χ2v) is 7.42. The number of hydrogen-bond acceptors (Lipinski definition) is 5. The molecule has 2 heterocycles. The minimum atomic E-state index is 0.786. The number of nitrogens with zero attached hydrogens (tertiary/aromatic N) is 3.